The van der Waals surface area contributed by atoms with E-state index < -0.39 is 12.7 Å². The number of hydrogen-bond acceptors (Lipinski definition) is 3. The topological polar surface area (TPSA) is 28.2 Å². The zero-order valence-electron chi connectivity index (χ0n) is 9.95. The van der Waals surface area contributed by atoms with Crippen molar-refractivity contribution in [1.29, 1.82) is 0 Å². The van der Waals surface area contributed by atoms with Crippen LogP contribution in [0.4, 0.5) is 18.9 Å². The monoisotopic (exact) mass is 259 g/mol. The molecule has 0 saturated carbocycles. The van der Waals surface area contributed by atoms with E-state index >= 15 is 0 Å². The van der Waals surface area contributed by atoms with E-state index in [1.54, 1.807) is 12.4 Å². The number of nitrogens with one attached hydrogen (secondary N) is 1. The third kappa shape index (κ3) is 3.87. The van der Waals surface area contributed by atoms with Gasteiger partial charge in [0.1, 0.15) is 0 Å². The van der Waals surface area contributed by atoms with Crippen LogP contribution in [0, 0.1) is 0 Å². The normalized spacial score (nSPS) is 18.1. The van der Waals surface area contributed by atoms with Crippen LogP contribution in [0.1, 0.15) is 12.8 Å². The summed E-state index contributed by atoms with van der Waals surface area (Å²) in [5.41, 5.74) is 1.08. The summed E-state index contributed by atoms with van der Waals surface area (Å²) in [6.45, 7) is 0.659. The van der Waals surface area contributed by atoms with Gasteiger partial charge in [0.15, 0.2) is 0 Å². The van der Waals surface area contributed by atoms with Crippen LogP contribution in [0.15, 0.2) is 24.5 Å². The highest BCUT2D eigenvalue weighted by atomic mass is 19.4. The molecule has 2 heterocycles. The van der Waals surface area contributed by atoms with Gasteiger partial charge >= 0.3 is 6.18 Å². The minimum absolute atomic E-state index is 0.0373. The molecule has 1 aromatic rings. The molecule has 0 amide bonds. The predicted molar refractivity (Wildman–Crippen MR) is 63.5 cm³/mol. The lowest BCUT2D eigenvalue weighted by molar-refractivity contribution is -0.126. The predicted octanol–water partition coefficient (Wildman–Crippen LogP) is 2.20. The minimum atomic E-state index is -4.12. The summed E-state index contributed by atoms with van der Waals surface area (Å²) in [5, 5.41) is 2.57. The number of nitrogens with zero attached hydrogens (tertiary/aromatic N) is 2. The zero-order valence-corrected chi connectivity index (χ0v) is 9.95. The number of halogens is 3. The van der Waals surface area contributed by atoms with Crippen molar-refractivity contribution in [3.8, 4) is 0 Å². The lowest BCUT2D eigenvalue weighted by Crippen LogP contribution is -2.45. The summed E-state index contributed by atoms with van der Waals surface area (Å²) >= 11 is 0. The quantitative estimate of drug-likeness (QED) is 0.902. The number of anilines is 1. The van der Waals surface area contributed by atoms with E-state index in [1.165, 1.54) is 0 Å². The van der Waals surface area contributed by atoms with Gasteiger partial charge in [0.2, 0.25) is 0 Å². The molecule has 1 aliphatic rings. The van der Waals surface area contributed by atoms with Crippen molar-refractivity contribution in [2.24, 2.45) is 0 Å². The van der Waals surface area contributed by atoms with Gasteiger partial charge in [0.25, 0.3) is 0 Å². The summed E-state index contributed by atoms with van der Waals surface area (Å²) in [6.07, 6.45) is 0.797. The molecule has 3 nitrogen and oxygen atoms in total. The van der Waals surface area contributed by atoms with Crippen LogP contribution in [-0.4, -0.2) is 36.8 Å². The Kier molecular flexibility index (Phi) is 4.06. The lowest BCUT2D eigenvalue weighted by atomic mass is 10.0. The van der Waals surface area contributed by atoms with Crippen molar-refractivity contribution in [2.75, 3.05) is 24.5 Å². The summed E-state index contributed by atoms with van der Waals surface area (Å²) in [6, 6.07) is 3.80. The molecular formula is C12H16F3N3. The Bertz CT molecular complexity index is 359. The van der Waals surface area contributed by atoms with E-state index in [-0.39, 0.29) is 6.04 Å². The van der Waals surface area contributed by atoms with E-state index in [0.29, 0.717) is 0 Å². The second kappa shape index (κ2) is 5.56. The fraction of sp³-hybridized carbons (Fsp3) is 0.583. The summed E-state index contributed by atoms with van der Waals surface area (Å²) in [5.74, 6) is 0. The first-order chi connectivity index (χ1) is 8.54. The molecule has 0 aromatic carbocycles. The molecule has 1 fully saturated rings. The van der Waals surface area contributed by atoms with Crippen molar-refractivity contribution in [1.82, 2.24) is 10.3 Å². The lowest BCUT2D eigenvalue weighted by Gasteiger charge is -2.34. The van der Waals surface area contributed by atoms with Crippen molar-refractivity contribution < 1.29 is 13.2 Å². The molecule has 1 N–H and O–H groups in total. The Balaban J connectivity index is 1.78. The van der Waals surface area contributed by atoms with Crippen LogP contribution in [0.25, 0.3) is 0 Å². The van der Waals surface area contributed by atoms with Gasteiger partial charge in [0, 0.05) is 37.2 Å². The van der Waals surface area contributed by atoms with Gasteiger partial charge in [-0.05, 0) is 25.0 Å². The Morgan fingerprint density at radius 1 is 1.22 bits per heavy atom. The Morgan fingerprint density at radius 2 is 1.83 bits per heavy atom. The number of pyridine rings is 1. The highest BCUT2D eigenvalue weighted by Crippen LogP contribution is 2.20. The number of alkyl halides is 3. The Hall–Kier alpha value is -1.30. The van der Waals surface area contributed by atoms with Crippen molar-refractivity contribution in [2.45, 2.75) is 25.1 Å². The molecular weight excluding hydrogens is 243 g/mol. The molecule has 1 aliphatic heterocycles. The molecule has 0 atom stereocenters. The third-order valence-electron chi connectivity index (χ3n) is 3.11. The molecule has 18 heavy (non-hydrogen) atoms. The number of hydrogen-bond donors (Lipinski definition) is 1. The van der Waals surface area contributed by atoms with E-state index in [9.17, 15) is 13.2 Å². The SMILES string of the molecule is FC(F)(F)CNC1CCN(c2ccncc2)CC1. The first-order valence-electron chi connectivity index (χ1n) is 6.00. The second-order valence-electron chi connectivity index (χ2n) is 4.46. The molecule has 6 heteroatoms. The highest BCUT2D eigenvalue weighted by molar-refractivity contribution is 5.44. The zero-order chi connectivity index (χ0) is 13.0. The Labute approximate surface area is 104 Å². The molecule has 1 saturated heterocycles. The first kappa shape index (κ1) is 13.1. The fourth-order valence-corrected chi connectivity index (χ4v) is 2.16. The van der Waals surface area contributed by atoms with Crippen molar-refractivity contribution in [3.05, 3.63) is 24.5 Å². The Morgan fingerprint density at radius 3 is 2.39 bits per heavy atom. The third-order valence-corrected chi connectivity index (χ3v) is 3.11. The van der Waals surface area contributed by atoms with Crippen LogP contribution in [0.3, 0.4) is 0 Å². The first-order valence-corrected chi connectivity index (χ1v) is 6.00. The van der Waals surface area contributed by atoms with Crippen molar-refractivity contribution >= 4 is 5.69 Å². The van der Waals surface area contributed by atoms with Crippen LogP contribution in [0.2, 0.25) is 0 Å². The molecule has 0 radical (unpaired) electrons. The van der Waals surface area contributed by atoms with Crippen molar-refractivity contribution in [3.63, 3.8) is 0 Å². The maximum Gasteiger partial charge on any atom is 0.401 e. The van der Waals surface area contributed by atoms with E-state index in [1.807, 2.05) is 12.1 Å². The van der Waals surface area contributed by atoms with Gasteiger partial charge in [-0.1, -0.05) is 0 Å². The van der Waals surface area contributed by atoms with E-state index in [2.05, 4.69) is 15.2 Å². The van der Waals surface area contributed by atoms with Gasteiger partial charge in [-0.25, -0.2) is 0 Å². The summed E-state index contributed by atoms with van der Waals surface area (Å²) in [7, 11) is 0. The fourth-order valence-electron chi connectivity index (χ4n) is 2.16. The maximum atomic E-state index is 12.1. The van der Waals surface area contributed by atoms with Crippen LogP contribution in [0.5, 0.6) is 0 Å². The maximum absolute atomic E-state index is 12.1. The molecule has 0 aliphatic carbocycles. The average molecular weight is 259 g/mol. The van der Waals surface area contributed by atoms with E-state index in [4.69, 9.17) is 0 Å². The van der Waals surface area contributed by atoms with Crippen LogP contribution >= 0.6 is 0 Å². The molecule has 1 aromatic heterocycles. The molecule has 0 bridgehead atoms. The minimum Gasteiger partial charge on any atom is -0.371 e. The number of rotatable bonds is 3. The summed E-state index contributed by atoms with van der Waals surface area (Å²) in [4.78, 5) is 6.12. The van der Waals surface area contributed by atoms with Gasteiger partial charge in [-0.3, -0.25) is 4.98 Å². The largest absolute Gasteiger partial charge is 0.401 e. The molecule has 100 valence electrons. The van der Waals surface area contributed by atoms with Crippen LogP contribution < -0.4 is 10.2 Å². The molecule has 2 rings (SSSR count). The number of piperidine rings is 1. The number of aromatic nitrogens is 1. The molecule has 0 spiro atoms. The average Bonchev–Trinajstić information content (AvgIpc) is 2.37. The highest BCUT2D eigenvalue weighted by Gasteiger charge is 2.29. The van der Waals surface area contributed by atoms with E-state index in [0.717, 1.165) is 31.6 Å². The second-order valence-corrected chi connectivity index (χ2v) is 4.46. The smallest absolute Gasteiger partial charge is 0.371 e. The van der Waals surface area contributed by atoms with Crippen LogP contribution in [-0.2, 0) is 0 Å². The molecule has 0 unspecified atom stereocenters. The van der Waals surface area contributed by atoms with Gasteiger partial charge in [-0.15, -0.1) is 0 Å². The van der Waals surface area contributed by atoms with Gasteiger partial charge < -0.3 is 10.2 Å². The summed E-state index contributed by atoms with van der Waals surface area (Å²) < 4.78 is 36.2. The van der Waals surface area contributed by atoms with Gasteiger partial charge in [0.05, 0.1) is 6.54 Å². The standard InChI is InChI=1S/C12H16F3N3/c13-12(14,15)9-17-10-3-7-18(8-4-10)11-1-5-16-6-2-11/h1-2,5-6,10,17H,3-4,7-9H2. The van der Waals surface area contributed by atoms with Gasteiger partial charge in [-0.2, -0.15) is 13.2 Å².